The van der Waals surface area contributed by atoms with Gasteiger partial charge in [0, 0.05) is 36.0 Å². The van der Waals surface area contributed by atoms with Crippen LogP contribution in [0.25, 0.3) is 22.0 Å². The molecule has 1 amide bonds. The summed E-state index contributed by atoms with van der Waals surface area (Å²) in [5.74, 6) is -1.74. The Morgan fingerprint density at radius 2 is 1.82 bits per heavy atom. The highest BCUT2D eigenvalue weighted by Gasteiger charge is 2.30. The highest BCUT2D eigenvalue weighted by atomic mass is 19.1. The molecule has 0 aliphatic carbocycles. The van der Waals surface area contributed by atoms with Crippen molar-refractivity contribution in [1.29, 1.82) is 0 Å². The number of halogens is 2. The lowest BCUT2D eigenvalue weighted by Gasteiger charge is -2.19. The first-order chi connectivity index (χ1) is 16.0. The minimum absolute atomic E-state index is 0.169. The van der Waals surface area contributed by atoms with E-state index in [1.807, 2.05) is 6.92 Å². The SMILES string of the molecule is Cc1cnc2c(c1)C(=O)N(Cc1c(F)cc(-c3ccc(C(C)(C)O)c4nn(C)cc34)cc1F)C2. The molecule has 0 atom stereocenters. The van der Waals surface area contributed by atoms with Gasteiger partial charge in [-0.3, -0.25) is 14.5 Å². The van der Waals surface area contributed by atoms with Gasteiger partial charge >= 0.3 is 0 Å². The Morgan fingerprint density at radius 1 is 1.12 bits per heavy atom. The maximum Gasteiger partial charge on any atom is 0.256 e. The van der Waals surface area contributed by atoms with Crippen molar-refractivity contribution in [2.45, 2.75) is 39.5 Å². The van der Waals surface area contributed by atoms with Crippen LogP contribution in [0.2, 0.25) is 0 Å². The first kappa shape index (κ1) is 22.2. The van der Waals surface area contributed by atoms with Crippen LogP contribution in [0.5, 0.6) is 0 Å². The van der Waals surface area contributed by atoms with Gasteiger partial charge in [-0.2, -0.15) is 5.10 Å². The molecule has 174 valence electrons. The smallest absolute Gasteiger partial charge is 0.256 e. The van der Waals surface area contributed by atoms with E-state index in [4.69, 9.17) is 0 Å². The van der Waals surface area contributed by atoms with Gasteiger partial charge in [0.1, 0.15) is 11.6 Å². The van der Waals surface area contributed by atoms with Crippen molar-refractivity contribution in [2.75, 3.05) is 0 Å². The standard InChI is InChI=1S/C26H24F2N4O2/c1-14-7-17-23(29-10-14)13-32(25(17)33)12-19-21(27)8-15(9-22(19)28)16-5-6-20(26(2,3)34)24-18(16)11-31(4)30-24/h5-11,34H,12-13H2,1-4H3. The van der Waals surface area contributed by atoms with Crippen LogP contribution in [-0.4, -0.2) is 30.7 Å². The Labute approximate surface area is 195 Å². The molecule has 34 heavy (non-hydrogen) atoms. The molecule has 5 rings (SSSR count). The lowest BCUT2D eigenvalue weighted by molar-refractivity contribution is 0.0762. The minimum atomic E-state index is -1.13. The molecular formula is C26H24F2N4O2. The molecular weight excluding hydrogens is 438 g/mol. The number of aromatic nitrogens is 3. The number of pyridine rings is 1. The molecule has 0 spiro atoms. The van der Waals surface area contributed by atoms with E-state index in [9.17, 15) is 9.90 Å². The summed E-state index contributed by atoms with van der Waals surface area (Å²) in [7, 11) is 1.75. The molecule has 0 saturated heterocycles. The summed E-state index contributed by atoms with van der Waals surface area (Å²) < 4.78 is 32.0. The topological polar surface area (TPSA) is 71.2 Å². The van der Waals surface area contributed by atoms with Crippen molar-refractivity contribution < 1.29 is 18.7 Å². The Morgan fingerprint density at radius 3 is 2.50 bits per heavy atom. The molecule has 1 N–H and O–H groups in total. The van der Waals surface area contributed by atoms with Crippen molar-refractivity contribution >= 4 is 16.8 Å². The fourth-order valence-corrected chi connectivity index (χ4v) is 4.53. The van der Waals surface area contributed by atoms with Crippen LogP contribution < -0.4 is 0 Å². The zero-order valence-electron chi connectivity index (χ0n) is 19.4. The normalized spacial score (nSPS) is 13.7. The minimum Gasteiger partial charge on any atom is -0.386 e. The third-order valence-electron chi connectivity index (χ3n) is 6.22. The van der Waals surface area contributed by atoms with Crippen molar-refractivity contribution in [3.05, 3.63) is 82.3 Å². The van der Waals surface area contributed by atoms with Crippen LogP contribution in [0.15, 0.2) is 42.7 Å². The van der Waals surface area contributed by atoms with E-state index in [2.05, 4.69) is 10.1 Å². The van der Waals surface area contributed by atoms with Gasteiger partial charge in [0.15, 0.2) is 0 Å². The molecule has 6 nitrogen and oxygen atoms in total. The molecule has 0 bridgehead atoms. The van der Waals surface area contributed by atoms with Gasteiger partial charge in [-0.1, -0.05) is 12.1 Å². The Kier molecular flexibility index (Phi) is 5.02. The molecule has 0 fully saturated rings. The highest BCUT2D eigenvalue weighted by Crippen LogP contribution is 2.36. The number of amides is 1. The molecule has 0 saturated carbocycles. The second-order valence-electron chi connectivity index (χ2n) is 9.37. The van der Waals surface area contributed by atoms with Crippen molar-refractivity contribution in [3.63, 3.8) is 0 Å². The van der Waals surface area contributed by atoms with Gasteiger partial charge in [0.2, 0.25) is 0 Å². The van der Waals surface area contributed by atoms with E-state index in [1.54, 1.807) is 56.2 Å². The summed E-state index contributed by atoms with van der Waals surface area (Å²) in [4.78, 5) is 18.4. The van der Waals surface area contributed by atoms with Crippen LogP contribution in [0.3, 0.4) is 0 Å². The average molecular weight is 463 g/mol. The van der Waals surface area contributed by atoms with E-state index in [1.165, 1.54) is 17.0 Å². The zero-order chi connectivity index (χ0) is 24.4. The summed E-state index contributed by atoms with van der Waals surface area (Å²) in [5, 5.41) is 15.6. The summed E-state index contributed by atoms with van der Waals surface area (Å²) in [6.07, 6.45) is 3.44. The molecule has 2 aromatic heterocycles. The van der Waals surface area contributed by atoms with E-state index in [0.717, 1.165) is 5.56 Å². The lowest BCUT2D eigenvalue weighted by atomic mass is 9.91. The first-order valence-electron chi connectivity index (χ1n) is 10.9. The van der Waals surface area contributed by atoms with Gasteiger partial charge in [-0.25, -0.2) is 8.78 Å². The van der Waals surface area contributed by atoms with Gasteiger partial charge in [0.25, 0.3) is 5.91 Å². The van der Waals surface area contributed by atoms with E-state index < -0.39 is 17.2 Å². The number of nitrogens with zero attached hydrogens (tertiary/aromatic N) is 4. The van der Waals surface area contributed by atoms with Crippen LogP contribution >= 0.6 is 0 Å². The van der Waals surface area contributed by atoms with Gasteiger partial charge < -0.3 is 10.0 Å². The summed E-state index contributed by atoms with van der Waals surface area (Å²) >= 11 is 0. The van der Waals surface area contributed by atoms with Crippen molar-refractivity contribution in [2.24, 2.45) is 7.05 Å². The second kappa shape index (κ2) is 7.70. The maximum absolute atomic E-state index is 15.2. The van der Waals surface area contributed by atoms with Crippen LogP contribution in [0, 0.1) is 18.6 Å². The second-order valence-corrected chi connectivity index (χ2v) is 9.37. The number of aryl methyl sites for hydroxylation is 2. The number of carbonyl (C=O) groups is 1. The maximum atomic E-state index is 15.2. The third-order valence-corrected chi connectivity index (χ3v) is 6.22. The molecule has 3 heterocycles. The van der Waals surface area contributed by atoms with E-state index in [-0.39, 0.29) is 24.6 Å². The summed E-state index contributed by atoms with van der Waals surface area (Å²) in [5.41, 5.74) is 2.80. The van der Waals surface area contributed by atoms with Gasteiger partial charge in [-0.05, 0) is 55.7 Å². The summed E-state index contributed by atoms with van der Waals surface area (Å²) in [6.45, 7) is 5.20. The van der Waals surface area contributed by atoms with Gasteiger partial charge in [-0.15, -0.1) is 0 Å². The number of rotatable bonds is 4. The van der Waals surface area contributed by atoms with Gasteiger partial charge in [0.05, 0.1) is 35.5 Å². The average Bonchev–Trinajstić information content (AvgIpc) is 3.28. The number of aliphatic hydroxyl groups is 1. The molecule has 2 aromatic carbocycles. The summed E-state index contributed by atoms with van der Waals surface area (Å²) in [6, 6.07) is 7.76. The number of hydrogen-bond donors (Lipinski definition) is 1. The van der Waals surface area contributed by atoms with Crippen LogP contribution in [0.4, 0.5) is 8.78 Å². The fraction of sp³-hybridized carbons (Fsp3) is 0.269. The Balaban J connectivity index is 1.52. The quantitative estimate of drug-likeness (QED) is 0.481. The molecule has 0 unspecified atom stereocenters. The lowest BCUT2D eigenvalue weighted by Crippen LogP contribution is -2.24. The predicted molar refractivity (Wildman–Crippen MR) is 124 cm³/mol. The molecule has 0 radical (unpaired) electrons. The fourth-order valence-electron chi connectivity index (χ4n) is 4.53. The number of benzene rings is 2. The van der Waals surface area contributed by atoms with Crippen molar-refractivity contribution in [3.8, 4) is 11.1 Å². The van der Waals surface area contributed by atoms with E-state index >= 15 is 8.78 Å². The Bertz CT molecular complexity index is 1450. The first-order valence-corrected chi connectivity index (χ1v) is 10.9. The predicted octanol–water partition coefficient (Wildman–Crippen LogP) is 4.61. The molecule has 4 aromatic rings. The number of fused-ring (bicyclic) bond motifs is 2. The third kappa shape index (κ3) is 3.64. The molecule has 1 aliphatic heterocycles. The number of carbonyl (C=O) groups excluding carboxylic acids is 1. The van der Waals surface area contributed by atoms with Crippen LogP contribution in [-0.2, 0) is 25.7 Å². The Hall–Kier alpha value is -3.65. The zero-order valence-corrected chi connectivity index (χ0v) is 19.4. The molecule has 1 aliphatic rings. The van der Waals surface area contributed by atoms with Crippen molar-refractivity contribution in [1.82, 2.24) is 19.7 Å². The molecule has 8 heteroatoms. The van der Waals surface area contributed by atoms with Crippen LogP contribution in [0.1, 0.15) is 46.6 Å². The van der Waals surface area contributed by atoms with E-state index in [0.29, 0.717) is 38.9 Å². The monoisotopic (exact) mass is 462 g/mol. The number of hydrogen-bond acceptors (Lipinski definition) is 4. The highest BCUT2D eigenvalue weighted by molar-refractivity contribution is 5.98. The largest absolute Gasteiger partial charge is 0.386 e.